The molecule has 144 valence electrons. The minimum absolute atomic E-state index is 0.0174. The monoisotopic (exact) mass is 373 g/mol. The molecule has 1 unspecified atom stereocenters. The lowest BCUT2D eigenvalue weighted by molar-refractivity contribution is -0.141. The van der Waals surface area contributed by atoms with Crippen molar-refractivity contribution in [3.8, 4) is 0 Å². The van der Waals surface area contributed by atoms with Crippen LogP contribution in [-0.2, 0) is 25.7 Å². The number of nitrogens with one attached hydrogen (secondary N) is 1. The van der Waals surface area contributed by atoms with Gasteiger partial charge < -0.3 is 19.8 Å². The normalized spacial score (nSPS) is 26.9. The summed E-state index contributed by atoms with van der Waals surface area (Å²) in [6, 6.07) is 0. The minimum Gasteiger partial charge on any atom is -0.386 e. The van der Waals surface area contributed by atoms with Crippen LogP contribution in [-0.4, -0.2) is 63.8 Å². The first kappa shape index (κ1) is 17.8. The first-order valence-electron chi connectivity index (χ1n) is 9.26. The van der Waals surface area contributed by atoms with Crippen molar-refractivity contribution < 1.29 is 19.2 Å². The fourth-order valence-corrected chi connectivity index (χ4v) is 3.65. The number of aryl methyl sites for hydroxylation is 1. The summed E-state index contributed by atoms with van der Waals surface area (Å²) in [6.45, 7) is 3.82. The van der Waals surface area contributed by atoms with Crippen LogP contribution in [0.5, 0.6) is 0 Å². The fraction of sp³-hybridized carbons (Fsp3) is 0.611. The molecule has 1 aromatic rings. The maximum absolute atomic E-state index is 12.5. The molecule has 0 aliphatic carbocycles. The van der Waals surface area contributed by atoms with E-state index in [1.807, 2.05) is 6.92 Å². The highest BCUT2D eigenvalue weighted by atomic mass is 16.7. The molecule has 1 aromatic heterocycles. The Labute approximate surface area is 157 Å². The van der Waals surface area contributed by atoms with Crippen molar-refractivity contribution in [2.45, 2.75) is 50.9 Å². The lowest BCUT2D eigenvalue weighted by Crippen LogP contribution is -2.41. The van der Waals surface area contributed by atoms with Gasteiger partial charge in [-0.3, -0.25) is 19.6 Å². The van der Waals surface area contributed by atoms with Gasteiger partial charge in [0.2, 0.25) is 0 Å². The molecular weight excluding hydrogens is 350 g/mol. The summed E-state index contributed by atoms with van der Waals surface area (Å²) >= 11 is 0. The predicted molar refractivity (Wildman–Crippen MR) is 94.7 cm³/mol. The van der Waals surface area contributed by atoms with E-state index in [1.54, 1.807) is 17.3 Å². The quantitative estimate of drug-likeness (QED) is 0.815. The summed E-state index contributed by atoms with van der Waals surface area (Å²) < 4.78 is 5.48. The van der Waals surface area contributed by atoms with Gasteiger partial charge >= 0.3 is 0 Å². The van der Waals surface area contributed by atoms with Crippen LogP contribution >= 0.6 is 0 Å². The molecule has 2 atom stereocenters. The van der Waals surface area contributed by atoms with Gasteiger partial charge in [0.15, 0.2) is 5.60 Å². The van der Waals surface area contributed by atoms with Gasteiger partial charge in [0.05, 0.1) is 30.7 Å². The first-order valence-corrected chi connectivity index (χ1v) is 9.26. The van der Waals surface area contributed by atoms with E-state index in [2.05, 4.69) is 20.4 Å². The number of carbonyl (C=O) groups excluding carboxylic acids is 2. The van der Waals surface area contributed by atoms with Crippen molar-refractivity contribution in [1.82, 2.24) is 20.2 Å². The number of hydrogen-bond donors (Lipinski definition) is 1. The van der Waals surface area contributed by atoms with Gasteiger partial charge in [-0.2, -0.15) is 0 Å². The number of hydrogen-bond acceptors (Lipinski definition) is 7. The number of oxime groups is 1. The summed E-state index contributed by atoms with van der Waals surface area (Å²) in [6.07, 6.45) is 5.71. The average molecular weight is 373 g/mol. The van der Waals surface area contributed by atoms with Crippen LogP contribution in [0.15, 0.2) is 17.5 Å². The molecule has 2 fully saturated rings. The largest absolute Gasteiger partial charge is 0.386 e. The number of likely N-dealkylation sites (tertiary alicyclic amines) is 1. The summed E-state index contributed by atoms with van der Waals surface area (Å²) in [4.78, 5) is 40.6. The van der Waals surface area contributed by atoms with E-state index in [1.165, 1.54) is 0 Å². The van der Waals surface area contributed by atoms with Gasteiger partial charge in [-0.15, -0.1) is 0 Å². The first-order chi connectivity index (χ1) is 13.0. The van der Waals surface area contributed by atoms with Crippen LogP contribution in [0.4, 0.5) is 0 Å². The van der Waals surface area contributed by atoms with Crippen molar-refractivity contribution in [2.24, 2.45) is 5.16 Å². The molecule has 0 saturated carbocycles. The molecule has 4 rings (SSSR count). The van der Waals surface area contributed by atoms with E-state index in [9.17, 15) is 9.59 Å². The Kier molecular flexibility index (Phi) is 4.77. The van der Waals surface area contributed by atoms with E-state index in [0.717, 1.165) is 18.5 Å². The van der Waals surface area contributed by atoms with Crippen molar-refractivity contribution in [3.63, 3.8) is 0 Å². The van der Waals surface area contributed by atoms with Crippen molar-refractivity contribution in [1.29, 1.82) is 0 Å². The second-order valence-electron chi connectivity index (χ2n) is 7.33. The fourth-order valence-electron chi connectivity index (χ4n) is 3.65. The molecule has 27 heavy (non-hydrogen) atoms. The molecule has 3 aliphatic rings. The molecule has 0 aromatic carbocycles. The zero-order chi connectivity index (χ0) is 18.9. The molecule has 3 aliphatic heterocycles. The molecule has 0 radical (unpaired) electrons. The highest BCUT2D eigenvalue weighted by Crippen LogP contribution is 2.34. The Bertz CT molecular complexity index is 760. The van der Waals surface area contributed by atoms with E-state index in [-0.39, 0.29) is 24.5 Å². The molecule has 1 N–H and O–H groups in total. The molecule has 0 bridgehead atoms. The van der Waals surface area contributed by atoms with Crippen LogP contribution in [0.1, 0.15) is 37.1 Å². The summed E-state index contributed by atoms with van der Waals surface area (Å²) in [7, 11) is 0. The number of ether oxygens (including phenoxy) is 1. The molecule has 4 heterocycles. The smallest absolute Gasteiger partial charge is 0.269 e. The molecule has 2 amide bonds. The van der Waals surface area contributed by atoms with Crippen molar-refractivity contribution >= 4 is 17.5 Å². The van der Waals surface area contributed by atoms with Crippen LogP contribution in [0.2, 0.25) is 0 Å². The van der Waals surface area contributed by atoms with E-state index in [0.29, 0.717) is 43.9 Å². The van der Waals surface area contributed by atoms with E-state index >= 15 is 0 Å². The molecule has 9 heteroatoms. The predicted octanol–water partition coefficient (Wildman–Crippen LogP) is 0.328. The van der Waals surface area contributed by atoms with Gasteiger partial charge in [-0.1, -0.05) is 5.16 Å². The van der Waals surface area contributed by atoms with Crippen LogP contribution in [0.3, 0.4) is 0 Å². The Morgan fingerprint density at radius 3 is 3.00 bits per heavy atom. The van der Waals surface area contributed by atoms with Crippen molar-refractivity contribution in [3.05, 3.63) is 23.8 Å². The molecule has 1 spiro atoms. The highest BCUT2D eigenvalue weighted by Gasteiger charge is 2.48. The number of aromatic nitrogens is 2. The minimum atomic E-state index is -0.593. The lowest BCUT2D eigenvalue weighted by Gasteiger charge is -2.23. The topological polar surface area (TPSA) is 106 Å². The molecule has 2 saturated heterocycles. The second-order valence-corrected chi connectivity index (χ2v) is 7.33. The SMILES string of the molecule is Cc1cnc(CNC(=O)C2=NOC3(CCN(C(=O)[C@@H]4CCCO4)C3)C2)cn1. The van der Waals surface area contributed by atoms with Gasteiger partial charge in [-0.05, 0) is 19.8 Å². The standard InChI is InChI=1S/C18H23N5O4/c1-12-8-20-13(9-19-12)10-21-16(24)14-7-18(27-22-14)4-5-23(11-18)17(25)15-3-2-6-26-15/h8-9,15H,2-7,10-11H2,1H3,(H,21,24)/t15-,18?/m0/s1. The number of amides is 2. The van der Waals surface area contributed by atoms with Gasteiger partial charge in [0.1, 0.15) is 11.8 Å². The Hall–Kier alpha value is -2.55. The Morgan fingerprint density at radius 2 is 2.26 bits per heavy atom. The van der Waals surface area contributed by atoms with Gasteiger partial charge in [-0.25, -0.2) is 0 Å². The molecule has 9 nitrogen and oxygen atoms in total. The highest BCUT2D eigenvalue weighted by molar-refractivity contribution is 6.39. The summed E-state index contributed by atoms with van der Waals surface area (Å²) in [5, 5.41) is 6.78. The summed E-state index contributed by atoms with van der Waals surface area (Å²) in [5.74, 6) is -0.262. The molecular formula is C18H23N5O4. The van der Waals surface area contributed by atoms with Crippen LogP contribution in [0.25, 0.3) is 0 Å². The van der Waals surface area contributed by atoms with Gasteiger partial charge in [0.25, 0.3) is 11.8 Å². The number of carbonyl (C=O) groups is 2. The maximum atomic E-state index is 12.5. The zero-order valence-corrected chi connectivity index (χ0v) is 15.3. The van der Waals surface area contributed by atoms with E-state index in [4.69, 9.17) is 9.57 Å². The maximum Gasteiger partial charge on any atom is 0.269 e. The Morgan fingerprint density at radius 1 is 1.37 bits per heavy atom. The number of nitrogens with zero attached hydrogens (tertiary/aromatic N) is 4. The second kappa shape index (κ2) is 7.22. The lowest BCUT2D eigenvalue weighted by atomic mass is 9.96. The zero-order valence-electron chi connectivity index (χ0n) is 15.3. The van der Waals surface area contributed by atoms with Crippen molar-refractivity contribution in [2.75, 3.05) is 19.7 Å². The van der Waals surface area contributed by atoms with Crippen LogP contribution in [0, 0.1) is 6.92 Å². The van der Waals surface area contributed by atoms with E-state index < -0.39 is 5.60 Å². The van der Waals surface area contributed by atoms with Crippen LogP contribution < -0.4 is 5.32 Å². The summed E-state index contributed by atoms with van der Waals surface area (Å²) in [5.41, 5.74) is 1.26. The Balaban J connectivity index is 1.29. The third kappa shape index (κ3) is 3.78. The van der Waals surface area contributed by atoms with Gasteiger partial charge in [0, 0.05) is 32.2 Å². The number of rotatable bonds is 4. The third-order valence-electron chi connectivity index (χ3n) is 5.20. The third-order valence-corrected chi connectivity index (χ3v) is 5.20. The average Bonchev–Trinajstić information content (AvgIpc) is 3.43.